The molecule has 1 aliphatic heterocycles. The van der Waals surface area contributed by atoms with Crippen molar-refractivity contribution in [2.24, 2.45) is 5.73 Å². The van der Waals surface area contributed by atoms with Crippen LogP contribution in [0.25, 0.3) is 11.3 Å². The number of hydrogen-bond donors (Lipinski definition) is 3. The second kappa shape index (κ2) is 11.0. The van der Waals surface area contributed by atoms with Crippen LogP contribution in [0.5, 0.6) is 0 Å². The van der Waals surface area contributed by atoms with E-state index in [0.29, 0.717) is 29.8 Å². The van der Waals surface area contributed by atoms with Crippen LogP contribution in [0.2, 0.25) is 0 Å². The van der Waals surface area contributed by atoms with Crippen LogP contribution < -0.4 is 21.3 Å². The number of halogens is 1. The number of nitrogens with zero attached hydrogens (tertiary/aromatic N) is 4. The van der Waals surface area contributed by atoms with E-state index in [1.165, 1.54) is 23.8 Å². The summed E-state index contributed by atoms with van der Waals surface area (Å²) in [5.41, 5.74) is 8.38. The summed E-state index contributed by atoms with van der Waals surface area (Å²) in [6, 6.07) is 16.3. The fourth-order valence-corrected chi connectivity index (χ4v) is 5.61. The van der Waals surface area contributed by atoms with Crippen LogP contribution in [0.1, 0.15) is 58.0 Å². The number of carbonyl (C=O) groups is 2. The van der Waals surface area contributed by atoms with Crippen molar-refractivity contribution >= 4 is 40.0 Å². The summed E-state index contributed by atoms with van der Waals surface area (Å²) in [6.45, 7) is 1.16. The molecule has 2 amide bonds. The topological polar surface area (TPSA) is 126 Å². The summed E-state index contributed by atoms with van der Waals surface area (Å²) in [5, 5.41) is 6.82. The minimum atomic E-state index is -0.701. The lowest BCUT2D eigenvalue weighted by atomic mass is 10.0. The van der Waals surface area contributed by atoms with Gasteiger partial charge in [0.1, 0.15) is 16.6 Å². The van der Waals surface area contributed by atoms with Gasteiger partial charge in [0.25, 0.3) is 11.8 Å². The summed E-state index contributed by atoms with van der Waals surface area (Å²) in [4.78, 5) is 35.9. The first kappa shape index (κ1) is 25.9. The molecule has 3 heterocycles. The Kier molecular flexibility index (Phi) is 7.12. The third-order valence-electron chi connectivity index (χ3n) is 7.18. The van der Waals surface area contributed by atoms with Crippen molar-refractivity contribution in [2.45, 2.75) is 37.6 Å². The molecule has 0 bridgehead atoms. The Morgan fingerprint density at radius 2 is 1.90 bits per heavy atom. The molecule has 2 aliphatic rings. The number of rotatable bonds is 8. The third kappa shape index (κ3) is 5.64. The summed E-state index contributed by atoms with van der Waals surface area (Å²) in [7, 11) is 0. The molecule has 40 heavy (non-hydrogen) atoms. The third-order valence-corrected chi connectivity index (χ3v) is 7.89. The van der Waals surface area contributed by atoms with Crippen LogP contribution in [-0.4, -0.2) is 45.3 Å². The Bertz CT molecular complexity index is 1560. The number of amides is 2. The Hall–Kier alpha value is -4.38. The number of nitrogens with one attached hydrogen (secondary N) is 2. The molecular weight excluding hydrogens is 529 g/mol. The second-order valence-electron chi connectivity index (χ2n) is 10.1. The van der Waals surface area contributed by atoms with E-state index >= 15 is 0 Å². The van der Waals surface area contributed by atoms with Gasteiger partial charge in [-0.25, -0.2) is 14.4 Å². The highest BCUT2D eigenvalue weighted by atomic mass is 32.1. The van der Waals surface area contributed by atoms with E-state index in [-0.39, 0.29) is 23.1 Å². The minimum absolute atomic E-state index is 0.0189. The van der Waals surface area contributed by atoms with Crippen LogP contribution in [0, 0.1) is 5.82 Å². The molecule has 9 nitrogen and oxygen atoms in total. The lowest BCUT2D eigenvalue weighted by molar-refractivity contribution is 0.0927. The predicted octanol–water partition coefficient (Wildman–Crippen LogP) is 4.86. The minimum Gasteiger partial charge on any atom is -0.364 e. The number of aromatic nitrogens is 3. The normalized spacial score (nSPS) is 16.9. The first-order valence-corrected chi connectivity index (χ1v) is 14.0. The summed E-state index contributed by atoms with van der Waals surface area (Å²) < 4.78 is 19.2. The molecular formula is C29H28FN7O2S. The molecule has 6 rings (SSSR count). The predicted molar refractivity (Wildman–Crippen MR) is 152 cm³/mol. The second-order valence-corrected chi connectivity index (χ2v) is 10.9. The fraction of sp³-hybridized carbons (Fsp3) is 0.276. The van der Waals surface area contributed by atoms with E-state index in [0.717, 1.165) is 42.5 Å². The first-order valence-electron chi connectivity index (χ1n) is 13.3. The molecule has 1 saturated heterocycles. The van der Waals surface area contributed by atoms with Gasteiger partial charge in [-0.15, -0.1) is 0 Å². The molecule has 1 saturated carbocycles. The van der Waals surface area contributed by atoms with Crippen LogP contribution in [0.15, 0.2) is 60.8 Å². The molecule has 2 aromatic carbocycles. The molecule has 4 N–H and O–H groups in total. The van der Waals surface area contributed by atoms with E-state index in [1.807, 2.05) is 47.4 Å². The highest BCUT2D eigenvalue weighted by Gasteiger charge is 2.27. The fourth-order valence-electron chi connectivity index (χ4n) is 4.95. The van der Waals surface area contributed by atoms with E-state index in [1.54, 1.807) is 6.07 Å². The molecule has 0 unspecified atom stereocenters. The zero-order valence-electron chi connectivity index (χ0n) is 21.6. The Balaban J connectivity index is 1.16. The maximum Gasteiger partial charge on any atom is 0.271 e. The maximum atomic E-state index is 14.7. The van der Waals surface area contributed by atoms with Gasteiger partial charge in [-0.3, -0.25) is 9.59 Å². The van der Waals surface area contributed by atoms with Gasteiger partial charge in [0, 0.05) is 30.8 Å². The van der Waals surface area contributed by atoms with Gasteiger partial charge >= 0.3 is 0 Å². The van der Waals surface area contributed by atoms with Crippen LogP contribution >= 0.6 is 11.5 Å². The van der Waals surface area contributed by atoms with Gasteiger partial charge in [-0.1, -0.05) is 36.4 Å². The summed E-state index contributed by atoms with van der Waals surface area (Å²) in [5.74, 6) is -0.424. The highest BCUT2D eigenvalue weighted by molar-refractivity contribution is 7.10. The molecule has 11 heteroatoms. The van der Waals surface area contributed by atoms with E-state index in [2.05, 4.69) is 25.0 Å². The number of piperidine rings is 1. The van der Waals surface area contributed by atoms with Crippen LogP contribution in [0.3, 0.4) is 0 Å². The highest BCUT2D eigenvalue weighted by Crippen LogP contribution is 2.40. The van der Waals surface area contributed by atoms with Crippen LogP contribution in [-0.2, 0) is 0 Å². The summed E-state index contributed by atoms with van der Waals surface area (Å²) in [6.07, 6.45) is 5.20. The van der Waals surface area contributed by atoms with Crippen molar-refractivity contribution < 1.29 is 14.0 Å². The van der Waals surface area contributed by atoms with Gasteiger partial charge in [0.05, 0.1) is 17.5 Å². The van der Waals surface area contributed by atoms with Gasteiger partial charge < -0.3 is 21.3 Å². The van der Waals surface area contributed by atoms with Crippen molar-refractivity contribution in [1.29, 1.82) is 0 Å². The Labute approximate surface area is 234 Å². The number of primary amides is 1. The number of anilines is 3. The lowest BCUT2D eigenvalue weighted by Gasteiger charge is -2.34. The number of hydrogen-bond acceptors (Lipinski definition) is 8. The smallest absolute Gasteiger partial charge is 0.271 e. The first-order chi connectivity index (χ1) is 19.4. The van der Waals surface area contributed by atoms with Crippen molar-refractivity contribution in [3.63, 3.8) is 0 Å². The average molecular weight is 558 g/mol. The number of benzene rings is 2. The van der Waals surface area contributed by atoms with E-state index in [9.17, 15) is 14.0 Å². The summed E-state index contributed by atoms with van der Waals surface area (Å²) >= 11 is 1.24. The van der Waals surface area contributed by atoms with Crippen molar-refractivity contribution in [3.8, 4) is 11.3 Å². The molecule has 1 aliphatic carbocycles. The maximum absolute atomic E-state index is 14.7. The lowest BCUT2D eigenvalue weighted by Crippen LogP contribution is -2.48. The average Bonchev–Trinajstić information content (AvgIpc) is 3.71. The van der Waals surface area contributed by atoms with Crippen molar-refractivity contribution in [2.75, 3.05) is 23.3 Å². The largest absolute Gasteiger partial charge is 0.364 e. The van der Waals surface area contributed by atoms with Crippen molar-refractivity contribution in [1.82, 2.24) is 19.7 Å². The molecule has 0 radical (unpaired) electrons. The molecule has 0 spiro atoms. The van der Waals surface area contributed by atoms with E-state index < -0.39 is 17.6 Å². The zero-order chi connectivity index (χ0) is 27.6. The molecule has 1 atom stereocenters. The standard InChI is InChI=1S/C29H28FN7O2S/c30-22-13-19(17-8-9-17)10-11-21(22)29(39)33-20-7-4-12-37(16-20)24-15-32-26(27(31)38)28(34-24)35-25-14-23(36-40-25)18-5-2-1-3-6-18/h1-3,5-6,10-11,13-15,17,20H,4,7-9,12,16H2,(H2,31,38)(H,33,39)(H,34,35)/t20-/m1/s1. The van der Waals surface area contributed by atoms with Gasteiger partial charge in [-0.05, 0) is 60.8 Å². The molecule has 2 aromatic heterocycles. The molecule has 4 aromatic rings. The van der Waals surface area contributed by atoms with Crippen molar-refractivity contribution in [3.05, 3.63) is 83.4 Å². The SMILES string of the molecule is NC(=O)c1ncc(N2CCC[C@@H](NC(=O)c3ccc(C4CC4)cc3F)C2)nc1Nc1cc(-c2ccccc2)ns1. The Morgan fingerprint density at radius 3 is 2.65 bits per heavy atom. The zero-order valence-corrected chi connectivity index (χ0v) is 22.5. The molecule has 204 valence electrons. The van der Waals surface area contributed by atoms with Gasteiger partial charge in [0.15, 0.2) is 11.5 Å². The van der Waals surface area contributed by atoms with Gasteiger partial charge in [0.2, 0.25) is 0 Å². The monoisotopic (exact) mass is 557 g/mol. The quantitative estimate of drug-likeness (QED) is 0.283. The number of nitrogens with two attached hydrogens (primary N) is 1. The van der Waals surface area contributed by atoms with Crippen LogP contribution in [0.4, 0.5) is 21.0 Å². The Morgan fingerprint density at radius 1 is 1.07 bits per heavy atom. The van der Waals surface area contributed by atoms with E-state index in [4.69, 9.17) is 5.73 Å². The molecule has 2 fully saturated rings. The van der Waals surface area contributed by atoms with Gasteiger partial charge in [-0.2, -0.15) is 4.37 Å². The number of carbonyl (C=O) groups excluding carboxylic acids is 2.